The standard InChI is InChI=1S/C15H17FN4O2S/c1-9-3-4-11(23-9)14(22)19-5-7-20(8-6-19)15-17-10(2)12(16)13(21)18-15/h3-4H,5-8H2,1-2H3,(H,17,18,21). The molecule has 122 valence electrons. The molecule has 1 saturated heterocycles. The van der Waals surface area contributed by atoms with E-state index in [0.29, 0.717) is 32.1 Å². The summed E-state index contributed by atoms with van der Waals surface area (Å²) in [6.45, 7) is 5.60. The number of carbonyl (C=O) groups excluding carboxylic acids is 1. The number of anilines is 1. The Bertz CT molecular complexity index is 793. The summed E-state index contributed by atoms with van der Waals surface area (Å²) >= 11 is 1.49. The Morgan fingerprint density at radius 1 is 1.26 bits per heavy atom. The van der Waals surface area contributed by atoms with Crippen LogP contribution in [0.1, 0.15) is 20.2 Å². The predicted molar refractivity (Wildman–Crippen MR) is 86.7 cm³/mol. The quantitative estimate of drug-likeness (QED) is 0.903. The molecule has 1 aliphatic heterocycles. The highest BCUT2D eigenvalue weighted by atomic mass is 32.1. The van der Waals surface area contributed by atoms with E-state index in [2.05, 4.69) is 9.97 Å². The van der Waals surface area contributed by atoms with Crippen molar-refractivity contribution in [2.75, 3.05) is 31.1 Å². The van der Waals surface area contributed by atoms with E-state index in [9.17, 15) is 14.0 Å². The number of rotatable bonds is 2. The third kappa shape index (κ3) is 3.12. The summed E-state index contributed by atoms with van der Waals surface area (Å²) < 4.78 is 13.4. The first kappa shape index (κ1) is 15.7. The van der Waals surface area contributed by atoms with Gasteiger partial charge in [-0.05, 0) is 26.0 Å². The molecule has 8 heteroatoms. The lowest BCUT2D eigenvalue weighted by Gasteiger charge is -2.34. The van der Waals surface area contributed by atoms with E-state index in [-0.39, 0.29) is 11.6 Å². The first-order valence-electron chi connectivity index (χ1n) is 7.33. The van der Waals surface area contributed by atoms with Crippen molar-refractivity contribution in [2.24, 2.45) is 0 Å². The van der Waals surface area contributed by atoms with Gasteiger partial charge in [0.25, 0.3) is 11.5 Å². The molecule has 6 nitrogen and oxygen atoms in total. The van der Waals surface area contributed by atoms with Gasteiger partial charge in [0.1, 0.15) is 0 Å². The number of aryl methyl sites for hydroxylation is 2. The largest absolute Gasteiger partial charge is 0.339 e. The second kappa shape index (κ2) is 6.11. The molecule has 3 rings (SSSR count). The molecule has 0 unspecified atom stereocenters. The minimum Gasteiger partial charge on any atom is -0.339 e. The fourth-order valence-corrected chi connectivity index (χ4v) is 3.37. The van der Waals surface area contributed by atoms with Gasteiger partial charge in [-0.15, -0.1) is 11.3 Å². The van der Waals surface area contributed by atoms with Crippen LogP contribution in [0, 0.1) is 19.7 Å². The molecule has 1 amide bonds. The smallest absolute Gasteiger partial charge is 0.288 e. The lowest BCUT2D eigenvalue weighted by molar-refractivity contribution is 0.0751. The maximum absolute atomic E-state index is 13.4. The topological polar surface area (TPSA) is 69.3 Å². The Balaban J connectivity index is 1.69. The number of halogens is 1. The first-order chi connectivity index (χ1) is 11.0. The number of carbonyl (C=O) groups is 1. The lowest BCUT2D eigenvalue weighted by atomic mass is 10.3. The van der Waals surface area contributed by atoms with E-state index in [1.54, 1.807) is 4.90 Å². The van der Waals surface area contributed by atoms with Crippen LogP contribution in [-0.2, 0) is 0 Å². The summed E-state index contributed by atoms with van der Waals surface area (Å²) in [5.74, 6) is -0.469. The van der Waals surface area contributed by atoms with Crippen LogP contribution in [0.4, 0.5) is 10.3 Å². The number of aromatic nitrogens is 2. The van der Waals surface area contributed by atoms with Gasteiger partial charge in [-0.1, -0.05) is 0 Å². The molecule has 2 aromatic rings. The molecule has 23 heavy (non-hydrogen) atoms. The molecule has 2 aromatic heterocycles. The van der Waals surface area contributed by atoms with Gasteiger partial charge in [0.05, 0.1) is 10.6 Å². The van der Waals surface area contributed by atoms with Crippen LogP contribution >= 0.6 is 11.3 Å². The number of hydrogen-bond acceptors (Lipinski definition) is 5. The van der Waals surface area contributed by atoms with Gasteiger partial charge >= 0.3 is 0 Å². The highest BCUT2D eigenvalue weighted by molar-refractivity contribution is 7.13. The summed E-state index contributed by atoms with van der Waals surface area (Å²) in [6.07, 6.45) is 0. The molecule has 0 aliphatic carbocycles. The predicted octanol–water partition coefficient (Wildman–Crippen LogP) is 1.55. The van der Waals surface area contributed by atoms with Crippen LogP contribution in [0.15, 0.2) is 16.9 Å². The fourth-order valence-electron chi connectivity index (χ4n) is 2.53. The fraction of sp³-hybridized carbons (Fsp3) is 0.400. The van der Waals surface area contributed by atoms with E-state index in [0.717, 1.165) is 9.75 Å². The number of H-pyrrole nitrogens is 1. The van der Waals surface area contributed by atoms with Crippen LogP contribution in [-0.4, -0.2) is 47.0 Å². The highest BCUT2D eigenvalue weighted by Gasteiger charge is 2.24. The SMILES string of the molecule is Cc1ccc(C(=O)N2CCN(c3nc(C)c(F)c(=O)[nH]3)CC2)s1. The zero-order chi connectivity index (χ0) is 16.6. The number of nitrogens with zero attached hydrogens (tertiary/aromatic N) is 3. The number of aromatic amines is 1. The van der Waals surface area contributed by atoms with Crippen molar-refractivity contribution in [1.82, 2.24) is 14.9 Å². The minimum atomic E-state index is -0.851. The van der Waals surface area contributed by atoms with Crippen LogP contribution in [0.25, 0.3) is 0 Å². The first-order valence-corrected chi connectivity index (χ1v) is 8.14. The van der Waals surface area contributed by atoms with Crippen molar-refractivity contribution >= 4 is 23.2 Å². The Morgan fingerprint density at radius 2 is 1.96 bits per heavy atom. The van der Waals surface area contributed by atoms with E-state index in [1.807, 2.05) is 24.0 Å². The Kier molecular flexibility index (Phi) is 4.16. The molecule has 0 atom stereocenters. The average Bonchev–Trinajstić information content (AvgIpc) is 2.98. The number of piperazine rings is 1. The van der Waals surface area contributed by atoms with Crippen molar-refractivity contribution in [3.8, 4) is 0 Å². The summed E-state index contributed by atoms with van der Waals surface area (Å²) in [7, 11) is 0. The second-order valence-electron chi connectivity index (χ2n) is 5.48. The van der Waals surface area contributed by atoms with Crippen molar-refractivity contribution in [2.45, 2.75) is 13.8 Å². The third-order valence-corrected chi connectivity index (χ3v) is 4.82. The van der Waals surface area contributed by atoms with Crippen LogP contribution < -0.4 is 10.5 Å². The monoisotopic (exact) mass is 336 g/mol. The van der Waals surface area contributed by atoms with E-state index in [4.69, 9.17) is 0 Å². The molecule has 1 N–H and O–H groups in total. The summed E-state index contributed by atoms with van der Waals surface area (Å²) in [4.78, 5) is 35.9. The van der Waals surface area contributed by atoms with Gasteiger partial charge in [-0.25, -0.2) is 4.98 Å². The molecule has 1 aliphatic rings. The Labute approximate surface area is 136 Å². The zero-order valence-electron chi connectivity index (χ0n) is 12.9. The zero-order valence-corrected chi connectivity index (χ0v) is 13.7. The number of thiophene rings is 1. The number of hydrogen-bond donors (Lipinski definition) is 1. The molecule has 0 radical (unpaired) electrons. The van der Waals surface area contributed by atoms with Crippen LogP contribution in [0.2, 0.25) is 0 Å². The molecule has 1 fully saturated rings. The Morgan fingerprint density at radius 3 is 2.52 bits per heavy atom. The molecular weight excluding hydrogens is 319 g/mol. The summed E-state index contributed by atoms with van der Waals surface area (Å²) in [6, 6.07) is 3.78. The van der Waals surface area contributed by atoms with E-state index < -0.39 is 11.4 Å². The minimum absolute atomic E-state index is 0.0273. The lowest BCUT2D eigenvalue weighted by Crippen LogP contribution is -2.49. The van der Waals surface area contributed by atoms with Gasteiger partial charge in [-0.3, -0.25) is 14.6 Å². The maximum Gasteiger partial charge on any atom is 0.288 e. The third-order valence-electron chi connectivity index (χ3n) is 3.83. The molecule has 0 bridgehead atoms. The van der Waals surface area contributed by atoms with Gasteiger partial charge in [0.15, 0.2) is 0 Å². The molecular formula is C15H17FN4O2S. The molecule has 3 heterocycles. The normalized spacial score (nSPS) is 15.1. The van der Waals surface area contributed by atoms with Crippen molar-refractivity contribution < 1.29 is 9.18 Å². The molecule has 0 saturated carbocycles. The van der Waals surface area contributed by atoms with E-state index >= 15 is 0 Å². The highest BCUT2D eigenvalue weighted by Crippen LogP contribution is 2.19. The maximum atomic E-state index is 13.4. The van der Waals surface area contributed by atoms with Crippen LogP contribution in [0.5, 0.6) is 0 Å². The summed E-state index contributed by atoms with van der Waals surface area (Å²) in [5.41, 5.74) is -0.684. The summed E-state index contributed by atoms with van der Waals surface area (Å²) in [5, 5.41) is 0. The van der Waals surface area contributed by atoms with Crippen molar-refractivity contribution in [3.05, 3.63) is 43.8 Å². The van der Waals surface area contributed by atoms with Gasteiger partial charge in [-0.2, -0.15) is 4.39 Å². The molecule has 0 aromatic carbocycles. The van der Waals surface area contributed by atoms with Gasteiger partial charge in [0.2, 0.25) is 11.8 Å². The van der Waals surface area contributed by atoms with Crippen LogP contribution in [0.3, 0.4) is 0 Å². The van der Waals surface area contributed by atoms with Crippen molar-refractivity contribution in [3.63, 3.8) is 0 Å². The van der Waals surface area contributed by atoms with E-state index in [1.165, 1.54) is 18.3 Å². The van der Waals surface area contributed by atoms with Crippen molar-refractivity contribution in [1.29, 1.82) is 0 Å². The number of nitrogens with one attached hydrogen (secondary N) is 1. The van der Waals surface area contributed by atoms with Gasteiger partial charge < -0.3 is 9.80 Å². The second-order valence-corrected chi connectivity index (χ2v) is 6.77. The Hall–Kier alpha value is -2.22. The van der Waals surface area contributed by atoms with Gasteiger partial charge in [0, 0.05) is 31.1 Å². The molecule has 0 spiro atoms. The average molecular weight is 336 g/mol. The number of amides is 1.